The lowest BCUT2D eigenvalue weighted by Gasteiger charge is -2.22. The molecule has 0 atom stereocenters. The Morgan fingerprint density at radius 1 is 1.13 bits per heavy atom. The number of benzene rings is 1. The van der Waals surface area contributed by atoms with Crippen LogP contribution in [0.5, 0.6) is 11.5 Å². The molecule has 0 aliphatic rings. The van der Waals surface area contributed by atoms with Crippen molar-refractivity contribution in [2.24, 2.45) is 4.99 Å². The number of hydrogen-bond acceptors (Lipinski definition) is 4. The fourth-order valence-corrected chi connectivity index (χ4v) is 3.13. The molecule has 0 fully saturated rings. The number of nitrogens with one attached hydrogen (secondary N) is 1. The molecule has 172 valence electrons. The van der Waals surface area contributed by atoms with Crippen LogP contribution < -0.4 is 20.3 Å². The van der Waals surface area contributed by atoms with Crippen LogP contribution in [0, 0.1) is 0 Å². The third kappa shape index (κ3) is 8.80. The molecule has 0 bridgehead atoms. The van der Waals surface area contributed by atoms with Crippen molar-refractivity contribution >= 4 is 29.9 Å². The fraction of sp³-hybridized carbons (Fsp3) is 0.478. The van der Waals surface area contributed by atoms with Crippen molar-refractivity contribution in [2.75, 3.05) is 40.9 Å². The first-order valence-electron chi connectivity index (χ1n) is 10.4. The molecule has 31 heavy (non-hydrogen) atoms. The Hall–Kier alpha value is -2.23. The predicted octanol–water partition coefficient (Wildman–Crippen LogP) is 3.40. The highest BCUT2D eigenvalue weighted by Crippen LogP contribution is 2.27. The van der Waals surface area contributed by atoms with Gasteiger partial charge >= 0.3 is 0 Å². The van der Waals surface area contributed by atoms with Crippen LogP contribution in [-0.4, -0.2) is 56.3 Å². The van der Waals surface area contributed by atoms with Crippen LogP contribution in [-0.2, 0) is 13.0 Å². The highest BCUT2D eigenvalue weighted by molar-refractivity contribution is 14.0. The number of likely N-dealkylation sites (N-methyl/N-ethyl adjacent to an activating group) is 1. The van der Waals surface area contributed by atoms with Crippen LogP contribution in [0.15, 0.2) is 52.4 Å². The number of rotatable bonds is 11. The van der Waals surface area contributed by atoms with Crippen molar-refractivity contribution in [3.05, 3.63) is 58.5 Å². The second-order valence-electron chi connectivity index (χ2n) is 7.04. The second-order valence-corrected chi connectivity index (χ2v) is 7.04. The Kier molecular flexibility index (Phi) is 12.7. The summed E-state index contributed by atoms with van der Waals surface area (Å²) in [6.45, 7) is 5.17. The van der Waals surface area contributed by atoms with E-state index >= 15 is 0 Å². The van der Waals surface area contributed by atoms with Gasteiger partial charge in [-0.05, 0) is 49.9 Å². The zero-order valence-corrected chi connectivity index (χ0v) is 21.3. The maximum absolute atomic E-state index is 11.7. The fourth-order valence-electron chi connectivity index (χ4n) is 3.13. The quantitative estimate of drug-likeness (QED) is 0.204. The second kappa shape index (κ2) is 14.7. The molecule has 0 aliphatic heterocycles. The lowest BCUT2D eigenvalue weighted by molar-refractivity contribution is 0.354. The summed E-state index contributed by atoms with van der Waals surface area (Å²) in [7, 11) is 5.34. The number of aryl methyl sites for hydroxylation is 1. The predicted molar refractivity (Wildman–Crippen MR) is 137 cm³/mol. The molecule has 1 aromatic heterocycles. The van der Waals surface area contributed by atoms with Crippen LogP contribution >= 0.6 is 24.0 Å². The summed E-state index contributed by atoms with van der Waals surface area (Å²) >= 11 is 0. The van der Waals surface area contributed by atoms with E-state index in [-0.39, 0.29) is 29.5 Å². The minimum absolute atomic E-state index is 0. The van der Waals surface area contributed by atoms with E-state index in [9.17, 15) is 4.79 Å². The van der Waals surface area contributed by atoms with Gasteiger partial charge in [-0.1, -0.05) is 12.1 Å². The molecule has 0 aliphatic carbocycles. The molecular weight excluding hydrogens is 507 g/mol. The summed E-state index contributed by atoms with van der Waals surface area (Å²) in [6, 6.07) is 11.3. The van der Waals surface area contributed by atoms with Gasteiger partial charge in [-0.25, -0.2) is 0 Å². The summed E-state index contributed by atoms with van der Waals surface area (Å²) in [5.41, 5.74) is 1.23. The van der Waals surface area contributed by atoms with Crippen molar-refractivity contribution in [1.29, 1.82) is 0 Å². The van der Waals surface area contributed by atoms with E-state index in [1.807, 2.05) is 31.4 Å². The molecule has 2 rings (SSSR count). The summed E-state index contributed by atoms with van der Waals surface area (Å²) < 4.78 is 12.4. The SMILES string of the molecule is CCNC(=NCCCCn1ccccc1=O)N(C)CCc1ccc(OC)c(OC)c1.I. The number of nitrogens with zero attached hydrogens (tertiary/aromatic N) is 3. The Morgan fingerprint density at radius 2 is 1.90 bits per heavy atom. The first-order chi connectivity index (χ1) is 14.6. The van der Waals surface area contributed by atoms with Crippen LogP contribution in [0.3, 0.4) is 0 Å². The van der Waals surface area contributed by atoms with Crippen molar-refractivity contribution in [2.45, 2.75) is 32.7 Å². The minimum Gasteiger partial charge on any atom is -0.493 e. The molecule has 0 radical (unpaired) electrons. The summed E-state index contributed by atoms with van der Waals surface area (Å²) in [5.74, 6) is 2.38. The number of hydrogen-bond donors (Lipinski definition) is 1. The van der Waals surface area contributed by atoms with E-state index < -0.39 is 0 Å². The molecule has 0 saturated carbocycles. The largest absolute Gasteiger partial charge is 0.493 e. The van der Waals surface area contributed by atoms with Crippen LogP contribution in [0.1, 0.15) is 25.3 Å². The van der Waals surface area contributed by atoms with E-state index in [4.69, 9.17) is 14.5 Å². The Morgan fingerprint density at radius 3 is 2.58 bits per heavy atom. The van der Waals surface area contributed by atoms with Gasteiger partial charge in [0.1, 0.15) is 0 Å². The molecule has 1 heterocycles. The lowest BCUT2D eigenvalue weighted by Crippen LogP contribution is -2.40. The minimum atomic E-state index is 0. The van der Waals surface area contributed by atoms with E-state index in [0.717, 1.165) is 62.9 Å². The van der Waals surface area contributed by atoms with Crippen LogP contribution in [0.4, 0.5) is 0 Å². The number of aliphatic imine (C=N–C) groups is 1. The first kappa shape index (κ1) is 26.8. The van der Waals surface area contributed by atoms with E-state index in [1.54, 1.807) is 30.9 Å². The molecule has 8 heteroatoms. The van der Waals surface area contributed by atoms with Crippen molar-refractivity contribution in [1.82, 2.24) is 14.8 Å². The average Bonchev–Trinajstić information content (AvgIpc) is 2.77. The van der Waals surface area contributed by atoms with Crippen molar-refractivity contribution in [3.8, 4) is 11.5 Å². The number of methoxy groups -OCH3 is 2. The average molecular weight is 542 g/mol. The molecule has 1 aromatic carbocycles. The smallest absolute Gasteiger partial charge is 0.250 e. The first-order valence-corrected chi connectivity index (χ1v) is 10.4. The summed E-state index contributed by atoms with van der Waals surface area (Å²) in [4.78, 5) is 18.6. The molecule has 7 nitrogen and oxygen atoms in total. The third-order valence-corrected chi connectivity index (χ3v) is 4.85. The number of guanidine groups is 1. The molecule has 0 spiro atoms. The topological polar surface area (TPSA) is 68.1 Å². The van der Waals surface area contributed by atoms with Gasteiger partial charge in [0, 0.05) is 45.5 Å². The maximum Gasteiger partial charge on any atom is 0.250 e. The zero-order valence-electron chi connectivity index (χ0n) is 19.0. The van der Waals surface area contributed by atoms with Gasteiger partial charge in [0.15, 0.2) is 17.5 Å². The Labute approximate surface area is 202 Å². The van der Waals surface area contributed by atoms with E-state index in [2.05, 4.69) is 23.2 Å². The molecule has 2 aromatic rings. The van der Waals surface area contributed by atoms with Gasteiger partial charge in [-0.15, -0.1) is 24.0 Å². The van der Waals surface area contributed by atoms with Gasteiger partial charge in [0.25, 0.3) is 0 Å². The Balaban J connectivity index is 0.00000480. The van der Waals surface area contributed by atoms with Gasteiger partial charge in [-0.2, -0.15) is 0 Å². The summed E-state index contributed by atoms with van der Waals surface area (Å²) in [5, 5.41) is 3.35. The van der Waals surface area contributed by atoms with Gasteiger partial charge < -0.3 is 24.3 Å². The molecular formula is C23H35IN4O3. The highest BCUT2D eigenvalue weighted by Gasteiger charge is 2.08. The van der Waals surface area contributed by atoms with E-state index in [0.29, 0.717) is 0 Å². The molecule has 0 unspecified atom stereocenters. The monoisotopic (exact) mass is 542 g/mol. The number of aromatic nitrogens is 1. The van der Waals surface area contributed by atoms with Crippen molar-refractivity contribution in [3.63, 3.8) is 0 Å². The number of ether oxygens (including phenoxy) is 2. The number of halogens is 1. The standard InChI is InChI=1S/C23H34N4O3.HI/c1-5-24-23(25-14-7-9-16-27-15-8-6-10-22(27)28)26(2)17-13-19-11-12-20(29-3)21(18-19)30-4;/h6,8,10-12,15,18H,5,7,9,13-14,16-17H2,1-4H3,(H,24,25);1H. The summed E-state index contributed by atoms with van der Waals surface area (Å²) in [6.07, 6.45) is 4.55. The van der Waals surface area contributed by atoms with Gasteiger partial charge in [0.2, 0.25) is 5.56 Å². The third-order valence-electron chi connectivity index (χ3n) is 4.85. The van der Waals surface area contributed by atoms with Crippen molar-refractivity contribution < 1.29 is 9.47 Å². The molecule has 1 N–H and O–H groups in total. The highest BCUT2D eigenvalue weighted by atomic mass is 127. The molecule has 0 saturated heterocycles. The molecule has 0 amide bonds. The maximum atomic E-state index is 11.7. The number of pyridine rings is 1. The number of unbranched alkanes of at least 4 members (excludes halogenated alkanes) is 1. The zero-order chi connectivity index (χ0) is 21.8. The van der Waals surface area contributed by atoms with Gasteiger partial charge in [0.05, 0.1) is 14.2 Å². The lowest BCUT2D eigenvalue weighted by atomic mass is 10.1. The van der Waals surface area contributed by atoms with Gasteiger partial charge in [-0.3, -0.25) is 9.79 Å². The van der Waals surface area contributed by atoms with E-state index in [1.165, 1.54) is 5.56 Å². The van der Waals surface area contributed by atoms with Crippen LogP contribution in [0.25, 0.3) is 0 Å². The Bertz CT molecular complexity index is 870. The normalized spacial score (nSPS) is 10.9. The van der Waals surface area contributed by atoms with Crippen LogP contribution in [0.2, 0.25) is 0 Å².